The van der Waals surface area contributed by atoms with Crippen LogP contribution in [0, 0.1) is 0 Å². The molecular formula is C17H19N3O. The van der Waals surface area contributed by atoms with Gasteiger partial charge in [-0.1, -0.05) is 35.9 Å². The largest absolute Gasteiger partial charge is 0.350 e. The number of carbonyl (C=O) groups is 1. The van der Waals surface area contributed by atoms with Crippen molar-refractivity contribution in [2.45, 2.75) is 12.8 Å². The summed E-state index contributed by atoms with van der Waals surface area (Å²) in [6.07, 6.45) is 4.20. The maximum atomic E-state index is 12.1. The third-order valence-corrected chi connectivity index (χ3v) is 3.72. The van der Waals surface area contributed by atoms with Crippen LogP contribution in [0.15, 0.2) is 48.0 Å². The van der Waals surface area contributed by atoms with Gasteiger partial charge in [0.05, 0.1) is 5.52 Å². The Hall–Kier alpha value is -2.20. The lowest BCUT2D eigenvalue weighted by atomic mass is 10.1. The number of benzene rings is 1. The van der Waals surface area contributed by atoms with Crippen LogP contribution < -0.4 is 10.6 Å². The third-order valence-electron chi connectivity index (χ3n) is 3.72. The summed E-state index contributed by atoms with van der Waals surface area (Å²) >= 11 is 0. The Morgan fingerprint density at radius 3 is 3.00 bits per heavy atom. The molecule has 2 aromatic rings. The predicted octanol–water partition coefficient (Wildman–Crippen LogP) is 2.27. The minimum absolute atomic E-state index is 0.102. The Morgan fingerprint density at radius 2 is 2.14 bits per heavy atom. The molecule has 21 heavy (non-hydrogen) atoms. The number of nitrogens with zero attached hydrogens (tertiary/aromatic N) is 1. The highest BCUT2D eigenvalue weighted by atomic mass is 16.1. The monoisotopic (exact) mass is 281 g/mol. The van der Waals surface area contributed by atoms with Gasteiger partial charge in [0.25, 0.3) is 5.91 Å². The van der Waals surface area contributed by atoms with Crippen molar-refractivity contribution in [3.63, 3.8) is 0 Å². The van der Waals surface area contributed by atoms with Gasteiger partial charge in [-0.15, -0.1) is 0 Å². The normalized spacial score (nSPS) is 14.8. The van der Waals surface area contributed by atoms with E-state index < -0.39 is 0 Å². The second-order valence-electron chi connectivity index (χ2n) is 5.21. The number of aromatic nitrogens is 1. The summed E-state index contributed by atoms with van der Waals surface area (Å²) in [7, 11) is 0. The molecule has 4 nitrogen and oxygen atoms in total. The summed E-state index contributed by atoms with van der Waals surface area (Å²) in [5.41, 5.74) is 2.75. The SMILES string of the molecule is O=C(NCCC1=CCNCC1)c1ccc2ccccc2n1. The molecule has 1 aromatic heterocycles. The van der Waals surface area contributed by atoms with E-state index in [9.17, 15) is 4.79 Å². The standard InChI is InChI=1S/C17H19N3O/c21-17(19-12-9-13-7-10-18-11-8-13)16-6-5-14-3-1-2-4-15(14)20-16/h1-7,18H,8-12H2,(H,19,21). The fourth-order valence-corrected chi connectivity index (χ4v) is 2.52. The van der Waals surface area contributed by atoms with Gasteiger partial charge in [-0.3, -0.25) is 4.79 Å². The Morgan fingerprint density at radius 1 is 1.24 bits per heavy atom. The summed E-state index contributed by atoms with van der Waals surface area (Å²) in [6.45, 7) is 2.64. The highest BCUT2D eigenvalue weighted by molar-refractivity contribution is 5.94. The van der Waals surface area contributed by atoms with Crippen LogP contribution in [0.3, 0.4) is 0 Å². The van der Waals surface area contributed by atoms with Crippen molar-refractivity contribution in [3.8, 4) is 0 Å². The lowest BCUT2D eigenvalue weighted by Crippen LogP contribution is -2.27. The van der Waals surface area contributed by atoms with E-state index in [0.29, 0.717) is 12.2 Å². The number of carbonyl (C=O) groups excluding carboxylic acids is 1. The first-order chi connectivity index (χ1) is 10.3. The molecule has 0 bridgehead atoms. The van der Waals surface area contributed by atoms with E-state index in [1.54, 1.807) is 6.07 Å². The van der Waals surface area contributed by atoms with E-state index in [0.717, 1.165) is 36.8 Å². The van der Waals surface area contributed by atoms with E-state index in [2.05, 4.69) is 21.7 Å². The number of hydrogen-bond acceptors (Lipinski definition) is 3. The van der Waals surface area contributed by atoms with Gasteiger partial charge >= 0.3 is 0 Å². The Bertz CT molecular complexity index is 679. The Labute approximate surface area is 124 Å². The zero-order valence-corrected chi connectivity index (χ0v) is 11.9. The number of para-hydroxylation sites is 1. The van der Waals surface area contributed by atoms with Crippen LogP contribution in [0.2, 0.25) is 0 Å². The van der Waals surface area contributed by atoms with Crippen LogP contribution >= 0.6 is 0 Å². The topological polar surface area (TPSA) is 54.0 Å². The van der Waals surface area contributed by atoms with E-state index in [-0.39, 0.29) is 5.91 Å². The van der Waals surface area contributed by atoms with Gasteiger partial charge in [-0.05, 0) is 31.5 Å². The molecule has 1 amide bonds. The molecule has 0 saturated heterocycles. The summed E-state index contributed by atoms with van der Waals surface area (Å²) < 4.78 is 0. The molecule has 0 atom stereocenters. The lowest BCUT2D eigenvalue weighted by molar-refractivity contribution is 0.0949. The molecule has 108 valence electrons. The van der Waals surface area contributed by atoms with Crippen LogP contribution in [0.4, 0.5) is 0 Å². The Kier molecular flexibility index (Phi) is 4.26. The van der Waals surface area contributed by atoms with Crippen LogP contribution in [0.5, 0.6) is 0 Å². The molecule has 4 heteroatoms. The predicted molar refractivity (Wildman–Crippen MR) is 84.3 cm³/mol. The van der Waals surface area contributed by atoms with E-state index >= 15 is 0 Å². The van der Waals surface area contributed by atoms with E-state index in [1.165, 1.54) is 5.57 Å². The molecule has 0 fully saturated rings. The fraction of sp³-hybridized carbons (Fsp3) is 0.294. The molecule has 0 saturated carbocycles. The van der Waals surface area contributed by atoms with Crippen molar-refractivity contribution in [3.05, 3.63) is 53.7 Å². The first-order valence-corrected chi connectivity index (χ1v) is 7.35. The highest BCUT2D eigenvalue weighted by Gasteiger charge is 2.08. The van der Waals surface area contributed by atoms with Gasteiger partial charge in [0, 0.05) is 18.5 Å². The number of pyridine rings is 1. The van der Waals surface area contributed by atoms with Crippen LogP contribution in [-0.4, -0.2) is 30.5 Å². The van der Waals surface area contributed by atoms with Gasteiger partial charge in [0.2, 0.25) is 0 Å². The molecule has 0 unspecified atom stereocenters. The number of hydrogen-bond donors (Lipinski definition) is 2. The molecule has 0 aliphatic carbocycles. The van der Waals surface area contributed by atoms with E-state index in [1.807, 2.05) is 30.3 Å². The van der Waals surface area contributed by atoms with Crippen LogP contribution in [-0.2, 0) is 0 Å². The average Bonchev–Trinajstić information content (AvgIpc) is 2.55. The Balaban J connectivity index is 1.60. The van der Waals surface area contributed by atoms with Gasteiger partial charge < -0.3 is 10.6 Å². The molecule has 1 aromatic carbocycles. The van der Waals surface area contributed by atoms with Crippen LogP contribution in [0.1, 0.15) is 23.3 Å². The molecular weight excluding hydrogens is 262 g/mol. The smallest absolute Gasteiger partial charge is 0.269 e. The minimum Gasteiger partial charge on any atom is -0.350 e. The summed E-state index contributed by atoms with van der Waals surface area (Å²) in [6, 6.07) is 11.5. The number of nitrogens with one attached hydrogen (secondary N) is 2. The molecule has 3 rings (SSSR count). The molecule has 0 spiro atoms. The maximum absolute atomic E-state index is 12.1. The number of fused-ring (bicyclic) bond motifs is 1. The maximum Gasteiger partial charge on any atom is 0.269 e. The van der Waals surface area contributed by atoms with Crippen molar-refractivity contribution in [2.24, 2.45) is 0 Å². The van der Waals surface area contributed by atoms with Gasteiger partial charge in [0.15, 0.2) is 0 Å². The molecule has 2 heterocycles. The summed E-state index contributed by atoms with van der Waals surface area (Å²) in [5, 5.41) is 7.28. The quantitative estimate of drug-likeness (QED) is 0.845. The average molecular weight is 281 g/mol. The van der Waals surface area contributed by atoms with Crippen molar-refractivity contribution < 1.29 is 4.79 Å². The number of amides is 1. The number of rotatable bonds is 4. The van der Waals surface area contributed by atoms with Gasteiger partial charge in [0.1, 0.15) is 5.69 Å². The first-order valence-electron chi connectivity index (χ1n) is 7.35. The molecule has 1 aliphatic rings. The first kappa shape index (κ1) is 13.8. The highest BCUT2D eigenvalue weighted by Crippen LogP contribution is 2.12. The molecule has 2 N–H and O–H groups in total. The second kappa shape index (κ2) is 6.50. The zero-order valence-electron chi connectivity index (χ0n) is 11.9. The summed E-state index contributed by atoms with van der Waals surface area (Å²) in [4.78, 5) is 16.5. The lowest BCUT2D eigenvalue weighted by Gasteiger charge is -2.14. The zero-order chi connectivity index (χ0) is 14.5. The minimum atomic E-state index is -0.102. The van der Waals surface area contributed by atoms with Crippen molar-refractivity contribution >= 4 is 16.8 Å². The van der Waals surface area contributed by atoms with Crippen molar-refractivity contribution in [2.75, 3.05) is 19.6 Å². The second-order valence-corrected chi connectivity index (χ2v) is 5.21. The van der Waals surface area contributed by atoms with E-state index in [4.69, 9.17) is 0 Å². The summed E-state index contributed by atoms with van der Waals surface area (Å²) in [5.74, 6) is -0.102. The van der Waals surface area contributed by atoms with Crippen molar-refractivity contribution in [1.29, 1.82) is 0 Å². The van der Waals surface area contributed by atoms with Gasteiger partial charge in [-0.25, -0.2) is 4.98 Å². The van der Waals surface area contributed by atoms with Crippen molar-refractivity contribution in [1.82, 2.24) is 15.6 Å². The van der Waals surface area contributed by atoms with Crippen LogP contribution in [0.25, 0.3) is 10.9 Å². The van der Waals surface area contributed by atoms with Gasteiger partial charge in [-0.2, -0.15) is 0 Å². The fourth-order valence-electron chi connectivity index (χ4n) is 2.52. The molecule has 1 aliphatic heterocycles. The third kappa shape index (κ3) is 3.47. The molecule has 0 radical (unpaired) electrons.